The van der Waals surface area contributed by atoms with Crippen LogP contribution in [0.4, 0.5) is 0 Å². The number of nitrogens with one attached hydrogen (secondary N) is 1. The van der Waals surface area contributed by atoms with E-state index in [-0.39, 0.29) is 12.4 Å². The second kappa shape index (κ2) is 5.63. The van der Waals surface area contributed by atoms with Gasteiger partial charge in [-0.05, 0) is 12.1 Å². The Hall–Kier alpha value is -1.19. The van der Waals surface area contributed by atoms with Gasteiger partial charge in [-0.1, -0.05) is 23.7 Å². The number of hydrogen-bond acceptors (Lipinski definition) is 2. The maximum Gasteiger partial charge on any atom is 0.138 e. The molecular formula is C10H10Cl2N2O. The van der Waals surface area contributed by atoms with E-state index in [4.69, 9.17) is 16.3 Å². The largest absolute Gasteiger partial charge is 0.486 e. The smallest absolute Gasteiger partial charge is 0.138 e. The predicted octanol–water partition coefficient (Wildman–Crippen LogP) is 3.06. The highest BCUT2D eigenvalue weighted by Gasteiger charge is 2.00. The number of halogens is 2. The quantitative estimate of drug-likeness (QED) is 0.902. The topological polar surface area (TPSA) is 37.9 Å². The fraction of sp³-hybridized carbons (Fsp3) is 0.100. The Morgan fingerprint density at radius 1 is 1.33 bits per heavy atom. The molecule has 3 nitrogen and oxygen atoms in total. The third-order valence-electron chi connectivity index (χ3n) is 1.77. The van der Waals surface area contributed by atoms with E-state index in [2.05, 4.69) is 9.97 Å². The minimum absolute atomic E-state index is 0. The molecule has 0 atom stereocenters. The summed E-state index contributed by atoms with van der Waals surface area (Å²) in [5.41, 5.74) is 0.921. The summed E-state index contributed by atoms with van der Waals surface area (Å²) < 4.78 is 5.48. The molecule has 0 amide bonds. The third kappa shape index (κ3) is 3.15. The van der Waals surface area contributed by atoms with E-state index in [0.717, 1.165) is 5.69 Å². The van der Waals surface area contributed by atoms with E-state index < -0.39 is 0 Å². The normalized spacial score (nSPS) is 9.40. The first kappa shape index (κ1) is 11.9. The van der Waals surface area contributed by atoms with Gasteiger partial charge in [0.2, 0.25) is 0 Å². The van der Waals surface area contributed by atoms with E-state index in [1.165, 1.54) is 0 Å². The van der Waals surface area contributed by atoms with Gasteiger partial charge in [0, 0.05) is 0 Å². The Bertz CT molecular complexity index is 404. The van der Waals surface area contributed by atoms with Crippen LogP contribution in [0.5, 0.6) is 5.75 Å². The fourth-order valence-electron chi connectivity index (χ4n) is 1.08. The predicted molar refractivity (Wildman–Crippen MR) is 61.6 cm³/mol. The minimum atomic E-state index is 0. The first-order chi connectivity index (χ1) is 6.86. The molecule has 15 heavy (non-hydrogen) atoms. The molecule has 0 aliphatic rings. The maximum atomic E-state index is 5.91. The van der Waals surface area contributed by atoms with Crippen LogP contribution in [0.2, 0.25) is 5.02 Å². The molecule has 1 N–H and O–H groups in total. The number of para-hydroxylation sites is 1. The average molecular weight is 245 g/mol. The lowest BCUT2D eigenvalue weighted by Gasteiger charge is -2.05. The summed E-state index contributed by atoms with van der Waals surface area (Å²) in [4.78, 5) is 6.84. The van der Waals surface area contributed by atoms with E-state index in [1.807, 2.05) is 18.2 Å². The summed E-state index contributed by atoms with van der Waals surface area (Å²) in [6.45, 7) is 0.448. The van der Waals surface area contributed by atoms with Crippen molar-refractivity contribution in [1.82, 2.24) is 9.97 Å². The molecule has 0 aliphatic carbocycles. The molecule has 1 aromatic heterocycles. The van der Waals surface area contributed by atoms with Crippen molar-refractivity contribution < 1.29 is 4.74 Å². The fourth-order valence-corrected chi connectivity index (χ4v) is 1.27. The molecule has 0 saturated carbocycles. The molecule has 1 heterocycles. The lowest BCUT2D eigenvalue weighted by atomic mass is 10.3. The van der Waals surface area contributed by atoms with Crippen LogP contribution in [0, 0.1) is 0 Å². The molecule has 0 radical (unpaired) electrons. The van der Waals surface area contributed by atoms with Crippen LogP contribution >= 0.6 is 24.0 Å². The number of rotatable bonds is 3. The third-order valence-corrected chi connectivity index (χ3v) is 2.09. The number of hydrogen-bond donors (Lipinski definition) is 1. The van der Waals surface area contributed by atoms with Crippen LogP contribution in [0.25, 0.3) is 0 Å². The molecule has 0 aliphatic heterocycles. The molecule has 2 rings (SSSR count). The van der Waals surface area contributed by atoms with Gasteiger partial charge in [-0.25, -0.2) is 4.98 Å². The van der Waals surface area contributed by atoms with Gasteiger partial charge in [-0.3, -0.25) is 0 Å². The summed E-state index contributed by atoms with van der Waals surface area (Å²) in [6.07, 6.45) is 3.34. The summed E-state index contributed by atoms with van der Waals surface area (Å²) >= 11 is 5.91. The van der Waals surface area contributed by atoms with Gasteiger partial charge in [0.1, 0.15) is 12.4 Å². The monoisotopic (exact) mass is 244 g/mol. The van der Waals surface area contributed by atoms with Crippen molar-refractivity contribution >= 4 is 24.0 Å². The van der Waals surface area contributed by atoms with Crippen molar-refractivity contribution in [2.45, 2.75) is 6.61 Å². The van der Waals surface area contributed by atoms with Gasteiger partial charge in [0.15, 0.2) is 0 Å². The van der Waals surface area contributed by atoms with Crippen molar-refractivity contribution in [2.24, 2.45) is 0 Å². The molecule has 0 unspecified atom stereocenters. The van der Waals surface area contributed by atoms with E-state index >= 15 is 0 Å². The van der Waals surface area contributed by atoms with Gasteiger partial charge < -0.3 is 9.72 Å². The number of benzene rings is 1. The van der Waals surface area contributed by atoms with Crippen molar-refractivity contribution in [3.63, 3.8) is 0 Å². The van der Waals surface area contributed by atoms with Crippen LogP contribution in [-0.4, -0.2) is 9.97 Å². The Balaban J connectivity index is 0.00000112. The van der Waals surface area contributed by atoms with Crippen molar-refractivity contribution in [3.8, 4) is 5.75 Å². The van der Waals surface area contributed by atoms with Crippen LogP contribution in [0.3, 0.4) is 0 Å². The Morgan fingerprint density at radius 2 is 2.13 bits per heavy atom. The van der Waals surface area contributed by atoms with Gasteiger partial charge in [-0.15, -0.1) is 12.4 Å². The lowest BCUT2D eigenvalue weighted by molar-refractivity contribution is 0.302. The van der Waals surface area contributed by atoms with Crippen LogP contribution in [-0.2, 0) is 6.61 Å². The van der Waals surface area contributed by atoms with E-state index in [1.54, 1.807) is 18.6 Å². The van der Waals surface area contributed by atoms with Gasteiger partial charge in [0.25, 0.3) is 0 Å². The molecule has 0 bridgehead atoms. The van der Waals surface area contributed by atoms with Crippen LogP contribution in [0.1, 0.15) is 5.69 Å². The molecular weight excluding hydrogens is 235 g/mol. The summed E-state index contributed by atoms with van der Waals surface area (Å²) in [6, 6.07) is 7.38. The standard InChI is InChI=1S/C10H9ClN2O.ClH/c11-9-3-1-2-4-10(9)14-6-8-5-12-7-13-8;/h1-5,7H,6H2,(H,12,13);1H. The number of aromatic nitrogens is 2. The molecule has 0 fully saturated rings. The first-order valence-corrected chi connectivity index (χ1v) is 4.58. The SMILES string of the molecule is Cl.Clc1ccccc1OCc1cnc[nH]1. The Morgan fingerprint density at radius 3 is 2.80 bits per heavy atom. The second-order valence-electron chi connectivity index (χ2n) is 2.80. The lowest BCUT2D eigenvalue weighted by Crippen LogP contribution is -1.95. The molecule has 1 aromatic carbocycles. The van der Waals surface area contributed by atoms with Gasteiger partial charge in [-0.2, -0.15) is 0 Å². The highest BCUT2D eigenvalue weighted by atomic mass is 35.5. The molecule has 0 saturated heterocycles. The number of nitrogens with zero attached hydrogens (tertiary/aromatic N) is 1. The van der Waals surface area contributed by atoms with Crippen molar-refractivity contribution in [1.29, 1.82) is 0 Å². The average Bonchev–Trinajstić information content (AvgIpc) is 2.69. The molecule has 0 spiro atoms. The molecule has 80 valence electrons. The second-order valence-corrected chi connectivity index (χ2v) is 3.20. The molecule has 5 heteroatoms. The van der Waals surface area contributed by atoms with Gasteiger partial charge in [0.05, 0.1) is 23.2 Å². The Labute approximate surface area is 98.9 Å². The number of ether oxygens (including phenoxy) is 1. The zero-order valence-corrected chi connectivity index (χ0v) is 9.39. The maximum absolute atomic E-state index is 5.91. The minimum Gasteiger partial charge on any atom is -0.486 e. The zero-order valence-electron chi connectivity index (χ0n) is 7.81. The summed E-state index contributed by atoms with van der Waals surface area (Å²) in [5, 5.41) is 0.618. The van der Waals surface area contributed by atoms with E-state index in [9.17, 15) is 0 Å². The van der Waals surface area contributed by atoms with E-state index in [0.29, 0.717) is 17.4 Å². The number of aromatic amines is 1. The first-order valence-electron chi connectivity index (χ1n) is 4.21. The Kier molecular flexibility index (Phi) is 4.46. The zero-order chi connectivity index (χ0) is 9.80. The summed E-state index contributed by atoms with van der Waals surface area (Å²) in [5.74, 6) is 0.684. The van der Waals surface area contributed by atoms with Crippen LogP contribution < -0.4 is 4.74 Å². The highest BCUT2D eigenvalue weighted by Crippen LogP contribution is 2.23. The van der Waals surface area contributed by atoms with Crippen molar-refractivity contribution in [2.75, 3.05) is 0 Å². The van der Waals surface area contributed by atoms with Gasteiger partial charge >= 0.3 is 0 Å². The number of imidazole rings is 1. The summed E-state index contributed by atoms with van der Waals surface area (Å²) in [7, 11) is 0. The highest BCUT2D eigenvalue weighted by molar-refractivity contribution is 6.32. The molecule has 2 aromatic rings. The van der Waals surface area contributed by atoms with Crippen LogP contribution in [0.15, 0.2) is 36.8 Å². The number of H-pyrrole nitrogens is 1. The van der Waals surface area contributed by atoms with Crippen molar-refractivity contribution in [3.05, 3.63) is 47.5 Å².